The molecule has 9 nitrogen and oxygen atoms in total. The summed E-state index contributed by atoms with van der Waals surface area (Å²) in [6.07, 6.45) is 0. The van der Waals surface area contributed by atoms with Gasteiger partial charge in [-0.2, -0.15) is 4.68 Å². The van der Waals surface area contributed by atoms with Gasteiger partial charge in [0.1, 0.15) is 11.5 Å². The van der Waals surface area contributed by atoms with Crippen LogP contribution < -0.4 is 10.0 Å². The van der Waals surface area contributed by atoms with Crippen LogP contribution in [0.5, 0.6) is 0 Å². The van der Waals surface area contributed by atoms with E-state index in [1.165, 1.54) is 59.3 Å². The number of amides is 1. The highest BCUT2D eigenvalue weighted by atomic mass is 32.2. The summed E-state index contributed by atoms with van der Waals surface area (Å²) in [5.74, 6) is -0.608. The van der Waals surface area contributed by atoms with Crippen molar-refractivity contribution in [3.8, 4) is 5.69 Å². The highest BCUT2D eigenvalue weighted by molar-refractivity contribution is 7.92. The molecule has 0 aliphatic heterocycles. The molecule has 0 aliphatic rings. The maximum absolute atomic E-state index is 14.2. The number of tetrazole rings is 1. The molecular formula is C21H17FN6O3S. The lowest BCUT2D eigenvalue weighted by Gasteiger charge is -2.10. The average molecular weight is 452 g/mol. The lowest BCUT2D eigenvalue weighted by Crippen LogP contribution is -2.14. The van der Waals surface area contributed by atoms with E-state index in [0.717, 1.165) is 0 Å². The van der Waals surface area contributed by atoms with Crippen LogP contribution in [-0.4, -0.2) is 34.5 Å². The molecule has 32 heavy (non-hydrogen) atoms. The summed E-state index contributed by atoms with van der Waals surface area (Å²) in [4.78, 5) is 12.7. The summed E-state index contributed by atoms with van der Waals surface area (Å²) in [7, 11) is -3.73. The van der Waals surface area contributed by atoms with E-state index in [9.17, 15) is 17.6 Å². The monoisotopic (exact) mass is 452 g/mol. The number of hydrogen-bond donors (Lipinski definition) is 2. The summed E-state index contributed by atoms with van der Waals surface area (Å²) in [5, 5.41) is 13.6. The van der Waals surface area contributed by atoms with Crippen molar-refractivity contribution < 1.29 is 17.6 Å². The molecule has 11 heteroatoms. The van der Waals surface area contributed by atoms with Gasteiger partial charge in [0.2, 0.25) is 0 Å². The van der Waals surface area contributed by atoms with E-state index in [-0.39, 0.29) is 16.1 Å². The van der Waals surface area contributed by atoms with Crippen molar-refractivity contribution in [2.45, 2.75) is 11.8 Å². The van der Waals surface area contributed by atoms with Gasteiger partial charge in [0.05, 0.1) is 4.90 Å². The molecule has 0 atom stereocenters. The zero-order valence-corrected chi connectivity index (χ0v) is 17.5. The van der Waals surface area contributed by atoms with E-state index in [0.29, 0.717) is 17.2 Å². The Morgan fingerprint density at radius 1 is 0.969 bits per heavy atom. The van der Waals surface area contributed by atoms with Crippen LogP contribution >= 0.6 is 0 Å². The van der Waals surface area contributed by atoms with Crippen molar-refractivity contribution in [1.29, 1.82) is 0 Å². The largest absolute Gasteiger partial charge is 0.322 e. The first-order valence-corrected chi connectivity index (χ1v) is 10.9. The number of halogens is 1. The van der Waals surface area contributed by atoms with Crippen LogP contribution in [-0.2, 0) is 10.0 Å². The zero-order valence-electron chi connectivity index (χ0n) is 16.7. The van der Waals surface area contributed by atoms with Gasteiger partial charge in [-0.3, -0.25) is 9.52 Å². The molecule has 1 aromatic heterocycles. The minimum absolute atomic E-state index is 0.0935. The second-order valence-corrected chi connectivity index (χ2v) is 8.44. The molecule has 2 N–H and O–H groups in total. The molecule has 0 radical (unpaired) electrons. The Morgan fingerprint density at radius 2 is 1.66 bits per heavy atom. The number of anilines is 2. The highest BCUT2D eigenvalue weighted by Gasteiger charge is 2.15. The molecule has 3 aromatic carbocycles. The van der Waals surface area contributed by atoms with Gasteiger partial charge in [-0.05, 0) is 71.9 Å². The molecule has 1 heterocycles. The summed E-state index contributed by atoms with van der Waals surface area (Å²) >= 11 is 0. The molecule has 1 amide bonds. The summed E-state index contributed by atoms with van der Waals surface area (Å²) < 4.78 is 42.7. The number of hydrogen-bond acceptors (Lipinski definition) is 6. The predicted octanol–water partition coefficient (Wildman–Crippen LogP) is 3.16. The molecule has 0 saturated carbocycles. The topological polar surface area (TPSA) is 119 Å². The van der Waals surface area contributed by atoms with Crippen LogP contribution in [0.15, 0.2) is 77.7 Å². The van der Waals surface area contributed by atoms with Crippen molar-refractivity contribution in [1.82, 2.24) is 20.2 Å². The molecular weight excluding hydrogens is 435 g/mol. The smallest absolute Gasteiger partial charge is 0.261 e. The fourth-order valence-corrected chi connectivity index (χ4v) is 3.99. The van der Waals surface area contributed by atoms with Crippen molar-refractivity contribution in [2.75, 3.05) is 10.0 Å². The highest BCUT2D eigenvalue weighted by Crippen LogP contribution is 2.21. The molecule has 0 unspecified atom stereocenters. The van der Waals surface area contributed by atoms with Crippen molar-refractivity contribution in [3.63, 3.8) is 0 Å². The van der Waals surface area contributed by atoms with E-state index in [1.54, 1.807) is 25.1 Å². The van der Waals surface area contributed by atoms with Gasteiger partial charge in [0.15, 0.2) is 5.82 Å². The van der Waals surface area contributed by atoms with Gasteiger partial charge >= 0.3 is 0 Å². The van der Waals surface area contributed by atoms with E-state index in [2.05, 4.69) is 25.6 Å². The molecule has 0 saturated heterocycles. The quantitative estimate of drug-likeness (QED) is 0.464. The molecule has 0 bridgehead atoms. The first-order valence-electron chi connectivity index (χ1n) is 9.38. The average Bonchev–Trinajstić information content (AvgIpc) is 3.21. The maximum Gasteiger partial charge on any atom is 0.261 e. The van der Waals surface area contributed by atoms with E-state index < -0.39 is 21.7 Å². The van der Waals surface area contributed by atoms with Gasteiger partial charge in [-0.25, -0.2) is 12.8 Å². The SMILES string of the molecule is Cc1nnnn1-c1cc(NC(=O)c2ccc(NS(=O)(=O)c3ccccc3)cc2)ccc1F. The number of sulfonamides is 1. The normalized spacial score (nSPS) is 11.2. The second kappa shape index (κ2) is 8.55. The number of carbonyl (C=O) groups excluding carboxylic acids is 1. The van der Waals surface area contributed by atoms with Crippen molar-refractivity contribution >= 4 is 27.3 Å². The Labute approximate surface area is 183 Å². The molecule has 0 aliphatic carbocycles. The van der Waals surface area contributed by atoms with Crippen LogP contribution in [0.3, 0.4) is 0 Å². The van der Waals surface area contributed by atoms with Crippen LogP contribution in [0.25, 0.3) is 5.69 Å². The third-order valence-electron chi connectivity index (χ3n) is 4.51. The summed E-state index contributed by atoms with van der Waals surface area (Å²) in [6, 6.07) is 17.9. The third-order valence-corrected chi connectivity index (χ3v) is 5.91. The number of aromatic nitrogens is 4. The molecule has 4 aromatic rings. The molecule has 0 fully saturated rings. The van der Waals surface area contributed by atoms with Gasteiger partial charge in [0.25, 0.3) is 15.9 Å². The fraction of sp³-hybridized carbons (Fsp3) is 0.0476. The Balaban J connectivity index is 1.49. The number of benzene rings is 3. The van der Waals surface area contributed by atoms with E-state index >= 15 is 0 Å². The van der Waals surface area contributed by atoms with Crippen LogP contribution in [0.2, 0.25) is 0 Å². The van der Waals surface area contributed by atoms with Crippen molar-refractivity contribution in [2.24, 2.45) is 0 Å². The van der Waals surface area contributed by atoms with E-state index in [4.69, 9.17) is 0 Å². The predicted molar refractivity (Wildman–Crippen MR) is 115 cm³/mol. The summed E-state index contributed by atoms with van der Waals surface area (Å²) in [5.41, 5.74) is 1.03. The minimum atomic E-state index is -3.73. The number of rotatable bonds is 6. The Morgan fingerprint density at radius 3 is 2.31 bits per heavy atom. The number of aryl methyl sites for hydroxylation is 1. The molecule has 162 valence electrons. The Bertz CT molecular complexity index is 1370. The van der Waals surface area contributed by atoms with Crippen LogP contribution in [0.1, 0.15) is 16.2 Å². The third kappa shape index (κ3) is 4.47. The first-order chi connectivity index (χ1) is 15.3. The van der Waals surface area contributed by atoms with E-state index in [1.807, 2.05) is 0 Å². The van der Waals surface area contributed by atoms with Crippen LogP contribution in [0.4, 0.5) is 15.8 Å². The molecule has 4 rings (SSSR count). The zero-order chi connectivity index (χ0) is 22.7. The first kappa shape index (κ1) is 21.1. The Kier molecular flexibility index (Phi) is 5.65. The lowest BCUT2D eigenvalue weighted by molar-refractivity contribution is 0.102. The van der Waals surface area contributed by atoms with Crippen molar-refractivity contribution in [3.05, 3.63) is 90.0 Å². The standard InChI is InChI=1S/C21H17FN6O3S/c1-14-24-26-27-28(14)20-13-17(11-12-19(20)22)23-21(29)15-7-9-16(10-8-15)25-32(30,31)18-5-3-2-4-6-18/h2-13,25H,1H3,(H,23,29). The number of carbonyl (C=O) groups is 1. The number of nitrogens with zero attached hydrogens (tertiary/aromatic N) is 4. The van der Waals surface area contributed by atoms with Gasteiger partial charge in [-0.1, -0.05) is 18.2 Å². The summed E-state index contributed by atoms with van der Waals surface area (Å²) in [6.45, 7) is 1.62. The second-order valence-electron chi connectivity index (χ2n) is 6.75. The Hall–Kier alpha value is -4.12. The number of nitrogens with one attached hydrogen (secondary N) is 2. The van der Waals surface area contributed by atoms with Gasteiger partial charge in [-0.15, -0.1) is 5.10 Å². The van der Waals surface area contributed by atoms with Crippen LogP contribution in [0, 0.1) is 12.7 Å². The molecule has 0 spiro atoms. The minimum Gasteiger partial charge on any atom is -0.322 e. The van der Waals surface area contributed by atoms with Gasteiger partial charge in [0, 0.05) is 16.9 Å². The maximum atomic E-state index is 14.2. The van der Waals surface area contributed by atoms with Gasteiger partial charge < -0.3 is 5.32 Å². The fourth-order valence-electron chi connectivity index (χ4n) is 2.91. The lowest BCUT2D eigenvalue weighted by atomic mass is 10.2.